The number of nitrogens with zero attached hydrogens (tertiary/aromatic N) is 4. The third kappa shape index (κ3) is 2.76. The lowest BCUT2D eigenvalue weighted by molar-refractivity contribution is 0.211. The van der Waals surface area contributed by atoms with E-state index in [1.54, 1.807) is 6.07 Å². The van der Waals surface area contributed by atoms with Crippen LogP contribution in [-0.2, 0) is 13.0 Å². The molecule has 2 aromatic heterocycles. The first kappa shape index (κ1) is 15.5. The molecule has 0 fully saturated rings. The SMILES string of the molecule is Cc1nn2c(=O)cc(CN(C)[C@@H]3CCCc4ccccc43)nc2s1. The van der Waals surface area contributed by atoms with Crippen LogP contribution in [0.2, 0.25) is 0 Å². The van der Waals surface area contributed by atoms with Crippen LogP contribution in [0.4, 0.5) is 0 Å². The molecule has 124 valence electrons. The molecule has 4 rings (SSSR count). The number of aromatic nitrogens is 3. The summed E-state index contributed by atoms with van der Waals surface area (Å²) in [5.74, 6) is 0. The zero-order valence-electron chi connectivity index (χ0n) is 13.9. The number of aryl methyl sites for hydroxylation is 2. The maximum absolute atomic E-state index is 12.2. The summed E-state index contributed by atoms with van der Waals surface area (Å²) in [7, 11) is 2.12. The molecule has 5 nitrogen and oxygen atoms in total. The molecule has 0 amide bonds. The second kappa shape index (κ2) is 6.11. The van der Waals surface area contributed by atoms with Gasteiger partial charge in [-0.2, -0.15) is 9.61 Å². The van der Waals surface area contributed by atoms with Gasteiger partial charge < -0.3 is 0 Å². The van der Waals surface area contributed by atoms with Gasteiger partial charge in [-0.25, -0.2) is 4.98 Å². The number of hydrogen-bond acceptors (Lipinski definition) is 5. The summed E-state index contributed by atoms with van der Waals surface area (Å²) < 4.78 is 1.39. The lowest BCUT2D eigenvalue weighted by Crippen LogP contribution is -2.28. The van der Waals surface area contributed by atoms with Gasteiger partial charge in [0.1, 0.15) is 5.01 Å². The van der Waals surface area contributed by atoms with E-state index in [0.29, 0.717) is 17.5 Å². The van der Waals surface area contributed by atoms with Crippen LogP contribution in [0.5, 0.6) is 0 Å². The summed E-state index contributed by atoms with van der Waals surface area (Å²) in [6.07, 6.45) is 3.51. The molecule has 1 aromatic carbocycles. The summed E-state index contributed by atoms with van der Waals surface area (Å²) in [6.45, 7) is 2.56. The fourth-order valence-electron chi connectivity index (χ4n) is 3.58. The largest absolute Gasteiger partial charge is 0.294 e. The molecule has 0 unspecified atom stereocenters. The highest BCUT2D eigenvalue weighted by molar-refractivity contribution is 7.16. The second-order valence-electron chi connectivity index (χ2n) is 6.42. The van der Waals surface area contributed by atoms with Crippen molar-refractivity contribution in [2.24, 2.45) is 0 Å². The highest BCUT2D eigenvalue weighted by Crippen LogP contribution is 2.33. The highest BCUT2D eigenvalue weighted by atomic mass is 32.1. The summed E-state index contributed by atoms with van der Waals surface area (Å²) in [5, 5.41) is 5.05. The average molecular weight is 340 g/mol. The third-order valence-electron chi connectivity index (χ3n) is 4.68. The Labute approximate surface area is 144 Å². The average Bonchev–Trinajstić information content (AvgIpc) is 2.95. The molecule has 0 spiro atoms. The maximum Gasteiger partial charge on any atom is 0.275 e. The Bertz CT molecular complexity index is 946. The molecule has 1 atom stereocenters. The van der Waals surface area contributed by atoms with Crippen molar-refractivity contribution in [1.82, 2.24) is 19.5 Å². The zero-order valence-corrected chi connectivity index (χ0v) is 14.7. The van der Waals surface area contributed by atoms with Crippen LogP contribution < -0.4 is 5.56 Å². The quantitative estimate of drug-likeness (QED) is 0.735. The minimum absolute atomic E-state index is 0.100. The van der Waals surface area contributed by atoms with Gasteiger partial charge >= 0.3 is 0 Å². The topological polar surface area (TPSA) is 50.5 Å². The van der Waals surface area contributed by atoms with Gasteiger partial charge in [-0.1, -0.05) is 35.6 Å². The molecule has 0 radical (unpaired) electrons. The molecule has 1 aliphatic carbocycles. The first-order chi connectivity index (χ1) is 11.6. The van der Waals surface area contributed by atoms with Crippen molar-refractivity contribution in [2.45, 2.75) is 38.8 Å². The molecule has 2 heterocycles. The highest BCUT2D eigenvalue weighted by Gasteiger charge is 2.24. The maximum atomic E-state index is 12.2. The Morgan fingerprint density at radius 3 is 3.08 bits per heavy atom. The molecular weight excluding hydrogens is 320 g/mol. The molecular formula is C18H20N4OS. The van der Waals surface area contributed by atoms with E-state index < -0.39 is 0 Å². The summed E-state index contributed by atoms with van der Waals surface area (Å²) in [6, 6.07) is 10.7. The Morgan fingerprint density at radius 1 is 1.38 bits per heavy atom. The van der Waals surface area contributed by atoms with E-state index in [2.05, 4.69) is 46.3 Å². The van der Waals surface area contributed by atoms with Crippen LogP contribution in [0.1, 0.15) is 40.7 Å². The lowest BCUT2D eigenvalue weighted by Gasteiger charge is -2.33. The van der Waals surface area contributed by atoms with Gasteiger partial charge in [0.05, 0.1) is 5.69 Å². The predicted molar refractivity (Wildman–Crippen MR) is 95.5 cm³/mol. The van der Waals surface area contributed by atoms with Crippen LogP contribution in [0, 0.1) is 6.92 Å². The van der Waals surface area contributed by atoms with Crippen LogP contribution >= 0.6 is 11.3 Å². The number of rotatable bonds is 3. The van der Waals surface area contributed by atoms with Crippen molar-refractivity contribution in [2.75, 3.05) is 7.05 Å². The monoisotopic (exact) mass is 340 g/mol. The number of benzene rings is 1. The Morgan fingerprint density at radius 2 is 2.21 bits per heavy atom. The van der Waals surface area contributed by atoms with Gasteiger partial charge in [0.25, 0.3) is 5.56 Å². The predicted octanol–water partition coefficient (Wildman–Crippen LogP) is 2.97. The Kier molecular flexibility index (Phi) is 3.94. The second-order valence-corrected chi connectivity index (χ2v) is 7.58. The van der Waals surface area contributed by atoms with Crippen LogP contribution in [0.3, 0.4) is 0 Å². The van der Waals surface area contributed by atoms with Crippen LogP contribution in [-0.4, -0.2) is 26.5 Å². The van der Waals surface area contributed by atoms with Gasteiger partial charge in [0, 0.05) is 18.7 Å². The van der Waals surface area contributed by atoms with Gasteiger partial charge in [-0.05, 0) is 44.4 Å². The van der Waals surface area contributed by atoms with Gasteiger partial charge in [0.2, 0.25) is 4.96 Å². The van der Waals surface area contributed by atoms with Crippen molar-refractivity contribution in [3.8, 4) is 0 Å². The fraction of sp³-hybridized carbons (Fsp3) is 0.389. The van der Waals surface area contributed by atoms with E-state index in [0.717, 1.165) is 23.5 Å². The van der Waals surface area contributed by atoms with E-state index in [1.807, 2.05) is 6.92 Å². The normalized spacial score (nSPS) is 17.4. The Balaban J connectivity index is 1.63. The summed E-state index contributed by atoms with van der Waals surface area (Å²) in [4.78, 5) is 19.8. The smallest absolute Gasteiger partial charge is 0.275 e. The minimum Gasteiger partial charge on any atom is -0.294 e. The first-order valence-corrected chi connectivity index (χ1v) is 9.08. The first-order valence-electron chi connectivity index (χ1n) is 8.26. The van der Waals surface area contributed by atoms with E-state index >= 15 is 0 Å². The van der Waals surface area contributed by atoms with Gasteiger partial charge in [-0.3, -0.25) is 9.69 Å². The van der Waals surface area contributed by atoms with E-state index in [4.69, 9.17) is 0 Å². The molecule has 24 heavy (non-hydrogen) atoms. The molecule has 0 aliphatic heterocycles. The van der Waals surface area contributed by atoms with E-state index in [9.17, 15) is 4.79 Å². The molecule has 1 aliphatic rings. The van der Waals surface area contributed by atoms with Crippen LogP contribution in [0.25, 0.3) is 4.96 Å². The van der Waals surface area contributed by atoms with Gasteiger partial charge in [0.15, 0.2) is 0 Å². The zero-order chi connectivity index (χ0) is 16.7. The minimum atomic E-state index is -0.100. The molecule has 3 aromatic rings. The number of hydrogen-bond donors (Lipinski definition) is 0. The molecule has 6 heteroatoms. The molecule has 0 bridgehead atoms. The summed E-state index contributed by atoms with van der Waals surface area (Å²) >= 11 is 1.45. The third-order valence-corrected chi connectivity index (χ3v) is 5.50. The van der Waals surface area contributed by atoms with Crippen molar-refractivity contribution in [1.29, 1.82) is 0 Å². The standard InChI is InChI=1S/C18H20N4OS/c1-12-20-22-17(23)10-14(19-18(22)24-12)11-21(2)16-9-5-7-13-6-3-4-8-15(13)16/h3-4,6,8,10,16H,5,7,9,11H2,1-2H3/t16-/m1/s1. The molecule has 0 saturated carbocycles. The van der Waals surface area contributed by atoms with Crippen molar-refractivity contribution in [3.63, 3.8) is 0 Å². The number of fused-ring (bicyclic) bond motifs is 2. The van der Waals surface area contributed by atoms with Crippen molar-refractivity contribution in [3.05, 3.63) is 62.5 Å². The molecule has 0 saturated heterocycles. The molecule has 0 N–H and O–H groups in total. The van der Waals surface area contributed by atoms with Crippen molar-refractivity contribution >= 4 is 16.3 Å². The van der Waals surface area contributed by atoms with E-state index in [-0.39, 0.29) is 5.56 Å². The fourth-order valence-corrected chi connectivity index (χ4v) is 4.35. The van der Waals surface area contributed by atoms with Crippen molar-refractivity contribution < 1.29 is 0 Å². The van der Waals surface area contributed by atoms with E-state index in [1.165, 1.54) is 33.4 Å². The van der Waals surface area contributed by atoms with Crippen LogP contribution in [0.15, 0.2) is 35.1 Å². The Hall–Kier alpha value is -2.05. The summed E-state index contributed by atoms with van der Waals surface area (Å²) in [5.41, 5.74) is 3.57. The van der Waals surface area contributed by atoms with Gasteiger partial charge in [-0.15, -0.1) is 0 Å². The lowest BCUT2D eigenvalue weighted by atomic mass is 9.87.